The van der Waals surface area contributed by atoms with E-state index < -0.39 is 35.3 Å². The van der Waals surface area contributed by atoms with Gasteiger partial charge in [-0.15, -0.1) is 0 Å². The monoisotopic (exact) mass is 492 g/mol. The highest BCUT2D eigenvalue weighted by Crippen LogP contribution is 2.14. The molecule has 2 aromatic carbocycles. The van der Waals surface area contributed by atoms with E-state index in [0.717, 1.165) is 11.9 Å². The molecule has 0 fully saturated rings. The standard InChI is InChI=1S/C22H22F2N4O3S2/c1-13(19(30)25-26(3)21(32)15-7-5-9-17(23)11-15)20(31)28(14(2)29)27(4)22(33)16-8-6-10-18(24)12-16/h5-13H,1-4H3,(H,25,30). The van der Waals surface area contributed by atoms with E-state index in [0.29, 0.717) is 10.6 Å². The van der Waals surface area contributed by atoms with Crippen LogP contribution in [0.3, 0.4) is 0 Å². The van der Waals surface area contributed by atoms with Crippen molar-refractivity contribution in [2.24, 2.45) is 5.92 Å². The summed E-state index contributed by atoms with van der Waals surface area (Å²) >= 11 is 10.5. The van der Waals surface area contributed by atoms with Crippen molar-refractivity contribution in [2.45, 2.75) is 13.8 Å². The van der Waals surface area contributed by atoms with Gasteiger partial charge in [-0.3, -0.25) is 29.8 Å². The van der Waals surface area contributed by atoms with Crippen LogP contribution in [0.15, 0.2) is 48.5 Å². The molecule has 0 aliphatic heterocycles. The molecule has 0 saturated heterocycles. The van der Waals surface area contributed by atoms with E-state index in [9.17, 15) is 23.2 Å². The number of imide groups is 1. The molecule has 2 aromatic rings. The number of carbonyl (C=O) groups is 3. The molecule has 0 spiro atoms. The van der Waals surface area contributed by atoms with Gasteiger partial charge in [0.15, 0.2) is 0 Å². The molecule has 0 aliphatic rings. The van der Waals surface area contributed by atoms with Crippen LogP contribution in [0, 0.1) is 17.6 Å². The van der Waals surface area contributed by atoms with Crippen LogP contribution in [0.25, 0.3) is 0 Å². The smallest absolute Gasteiger partial charge is 0.260 e. The normalized spacial score (nSPS) is 11.2. The summed E-state index contributed by atoms with van der Waals surface area (Å²) in [5.74, 6) is -4.64. The summed E-state index contributed by atoms with van der Waals surface area (Å²) in [5.41, 5.74) is 3.09. The molecule has 0 aromatic heterocycles. The Bertz CT molecular complexity index is 1110. The molecular formula is C22H22F2N4O3S2. The highest BCUT2D eigenvalue weighted by Gasteiger charge is 2.33. The minimum absolute atomic E-state index is 0.00931. The van der Waals surface area contributed by atoms with Gasteiger partial charge in [0.2, 0.25) is 5.91 Å². The number of carbonyl (C=O) groups excluding carboxylic acids is 3. The van der Waals surface area contributed by atoms with Gasteiger partial charge >= 0.3 is 0 Å². The maximum atomic E-state index is 13.6. The van der Waals surface area contributed by atoms with Crippen LogP contribution in [0.5, 0.6) is 0 Å². The van der Waals surface area contributed by atoms with Crippen molar-refractivity contribution in [3.63, 3.8) is 0 Å². The van der Waals surface area contributed by atoms with Crippen LogP contribution < -0.4 is 5.43 Å². The van der Waals surface area contributed by atoms with Crippen molar-refractivity contribution >= 4 is 52.1 Å². The second-order valence-corrected chi connectivity index (χ2v) is 7.85. The average Bonchev–Trinajstić information content (AvgIpc) is 2.77. The molecule has 11 heteroatoms. The molecule has 0 radical (unpaired) electrons. The zero-order chi connectivity index (χ0) is 24.9. The number of amides is 3. The lowest BCUT2D eigenvalue weighted by atomic mass is 10.1. The van der Waals surface area contributed by atoms with Crippen molar-refractivity contribution in [1.82, 2.24) is 20.5 Å². The number of hydrogen-bond donors (Lipinski definition) is 1. The van der Waals surface area contributed by atoms with Gasteiger partial charge in [0.05, 0.1) is 0 Å². The Balaban J connectivity index is 2.15. The molecule has 174 valence electrons. The van der Waals surface area contributed by atoms with Crippen LogP contribution in [-0.2, 0) is 14.4 Å². The summed E-state index contributed by atoms with van der Waals surface area (Å²) < 4.78 is 27.0. The molecule has 33 heavy (non-hydrogen) atoms. The number of nitrogens with zero attached hydrogens (tertiary/aromatic N) is 3. The lowest BCUT2D eigenvalue weighted by molar-refractivity contribution is -0.159. The minimum atomic E-state index is -1.32. The average molecular weight is 493 g/mol. The summed E-state index contributed by atoms with van der Waals surface area (Å²) in [4.78, 5) is 38.1. The van der Waals surface area contributed by atoms with Gasteiger partial charge in [-0.05, 0) is 31.2 Å². The molecule has 0 saturated carbocycles. The highest BCUT2D eigenvalue weighted by molar-refractivity contribution is 7.80. The van der Waals surface area contributed by atoms with Gasteiger partial charge < -0.3 is 0 Å². The van der Waals surface area contributed by atoms with E-state index in [1.165, 1.54) is 68.5 Å². The number of hydrogen-bond acceptors (Lipinski definition) is 5. The Morgan fingerprint density at radius 3 is 1.85 bits per heavy atom. The summed E-state index contributed by atoms with van der Waals surface area (Å²) in [5, 5.41) is 2.97. The van der Waals surface area contributed by atoms with Gasteiger partial charge in [-0.1, -0.05) is 48.7 Å². The first-order valence-corrected chi connectivity index (χ1v) is 10.5. The third kappa shape index (κ3) is 6.36. The fourth-order valence-electron chi connectivity index (χ4n) is 2.84. The fourth-order valence-corrected chi connectivity index (χ4v) is 3.22. The van der Waals surface area contributed by atoms with E-state index in [1.807, 2.05) is 0 Å². The van der Waals surface area contributed by atoms with Gasteiger partial charge in [0, 0.05) is 32.1 Å². The Kier molecular flexibility index (Phi) is 8.66. The van der Waals surface area contributed by atoms with Crippen LogP contribution in [-0.4, -0.2) is 56.8 Å². The first kappa shape index (κ1) is 25.9. The maximum Gasteiger partial charge on any atom is 0.260 e. The summed E-state index contributed by atoms with van der Waals surface area (Å²) in [6, 6.07) is 10.9. The Labute approximate surface area is 200 Å². The maximum absolute atomic E-state index is 13.6. The molecule has 0 heterocycles. The Morgan fingerprint density at radius 2 is 1.39 bits per heavy atom. The third-order valence-electron chi connectivity index (χ3n) is 4.59. The fraction of sp³-hybridized carbons (Fsp3) is 0.227. The molecule has 1 N–H and O–H groups in total. The molecule has 1 atom stereocenters. The van der Waals surface area contributed by atoms with Gasteiger partial charge in [-0.2, -0.15) is 5.01 Å². The number of benzene rings is 2. The summed E-state index contributed by atoms with van der Waals surface area (Å²) in [6.45, 7) is 2.45. The number of thiocarbonyl (C=S) groups is 2. The van der Waals surface area contributed by atoms with Crippen LogP contribution in [0.4, 0.5) is 8.78 Å². The van der Waals surface area contributed by atoms with Gasteiger partial charge in [-0.25, -0.2) is 8.78 Å². The lowest BCUT2D eigenvalue weighted by Crippen LogP contribution is -2.55. The molecule has 1 unspecified atom stereocenters. The summed E-state index contributed by atoms with van der Waals surface area (Å²) in [7, 11) is 2.80. The number of rotatable bonds is 4. The molecule has 0 aliphatic carbocycles. The second-order valence-electron chi connectivity index (χ2n) is 7.08. The first-order valence-electron chi connectivity index (χ1n) is 9.66. The van der Waals surface area contributed by atoms with Crippen LogP contribution in [0.2, 0.25) is 0 Å². The Morgan fingerprint density at radius 1 is 0.909 bits per heavy atom. The molecular weight excluding hydrogens is 470 g/mol. The van der Waals surface area contributed by atoms with Crippen LogP contribution >= 0.6 is 24.4 Å². The van der Waals surface area contributed by atoms with Crippen molar-refractivity contribution in [2.75, 3.05) is 14.1 Å². The van der Waals surface area contributed by atoms with E-state index in [1.54, 1.807) is 6.07 Å². The van der Waals surface area contributed by atoms with Crippen molar-refractivity contribution in [3.05, 3.63) is 71.3 Å². The van der Waals surface area contributed by atoms with Crippen molar-refractivity contribution in [1.29, 1.82) is 0 Å². The zero-order valence-corrected chi connectivity index (χ0v) is 20.0. The van der Waals surface area contributed by atoms with E-state index in [2.05, 4.69) is 5.43 Å². The van der Waals surface area contributed by atoms with E-state index in [4.69, 9.17) is 24.4 Å². The van der Waals surface area contributed by atoms with Crippen LogP contribution in [0.1, 0.15) is 25.0 Å². The van der Waals surface area contributed by atoms with Gasteiger partial charge in [0.1, 0.15) is 27.5 Å². The minimum Gasteiger partial charge on any atom is -0.277 e. The predicted molar refractivity (Wildman–Crippen MR) is 127 cm³/mol. The molecule has 2 rings (SSSR count). The zero-order valence-electron chi connectivity index (χ0n) is 18.3. The van der Waals surface area contributed by atoms with E-state index in [-0.39, 0.29) is 15.5 Å². The van der Waals surface area contributed by atoms with Crippen molar-refractivity contribution in [3.8, 4) is 0 Å². The first-order chi connectivity index (χ1) is 15.4. The quantitative estimate of drug-likeness (QED) is 0.400. The highest BCUT2D eigenvalue weighted by atomic mass is 32.1. The molecule has 0 bridgehead atoms. The van der Waals surface area contributed by atoms with Crippen molar-refractivity contribution < 1.29 is 23.2 Å². The topological polar surface area (TPSA) is 73.0 Å². The predicted octanol–water partition coefficient (Wildman–Crippen LogP) is 2.84. The SMILES string of the molecule is CC(=O)N(C(=O)C(C)C(=O)NN(C)C(=S)c1cccc(F)c1)N(C)C(=S)c1cccc(F)c1. The third-order valence-corrected chi connectivity index (χ3v) is 5.60. The number of halogens is 2. The largest absolute Gasteiger partial charge is 0.277 e. The number of hydrazine groups is 2. The molecule has 7 nitrogen and oxygen atoms in total. The van der Waals surface area contributed by atoms with E-state index >= 15 is 0 Å². The second kappa shape index (κ2) is 11.0. The van der Waals surface area contributed by atoms with Gasteiger partial charge in [0.25, 0.3) is 11.8 Å². The lowest BCUT2D eigenvalue weighted by Gasteiger charge is -2.33. The number of nitrogens with one attached hydrogen (secondary N) is 1. The molecule has 3 amide bonds. The Hall–Kier alpha value is -3.31. The summed E-state index contributed by atoms with van der Waals surface area (Å²) in [6.07, 6.45) is 0.